The van der Waals surface area contributed by atoms with E-state index in [1.165, 1.54) is 0 Å². The van der Waals surface area contributed by atoms with E-state index in [4.69, 9.17) is 16.3 Å². The van der Waals surface area contributed by atoms with Gasteiger partial charge in [-0.05, 0) is 49.6 Å². The van der Waals surface area contributed by atoms with Gasteiger partial charge in [-0.2, -0.15) is 0 Å². The Hall–Kier alpha value is -1.85. The number of carbonyl (C=O) groups is 1. The normalized spacial score (nSPS) is 24.9. The van der Waals surface area contributed by atoms with Gasteiger partial charge in [-0.15, -0.1) is 11.8 Å². The minimum atomic E-state index is -0.731. The Labute approximate surface area is 150 Å². The zero-order valence-electron chi connectivity index (χ0n) is 13.4. The fourth-order valence-electron chi connectivity index (χ4n) is 3.49. The first-order chi connectivity index (χ1) is 11.5. The lowest BCUT2D eigenvalue weighted by molar-refractivity contribution is 0.0378. The minimum Gasteiger partial charge on any atom is -0.467 e. The first kappa shape index (κ1) is 15.7. The van der Waals surface area contributed by atoms with Crippen LogP contribution in [0, 0.1) is 0 Å². The number of hydrogen-bond donors (Lipinski definition) is 1. The molecular weight excluding hydrogens is 344 g/mol. The van der Waals surface area contributed by atoms with Crippen LogP contribution in [-0.2, 0) is 0 Å². The van der Waals surface area contributed by atoms with E-state index in [0.29, 0.717) is 11.4 Å². The number of carbonyl (C=O) groups excluding carboxylic acids is 1. The van der Waals surface area contributed by atoms with E-state index in [1.54, 1.807) is 16.7 Å². The van der Waals surface area contributed by atoms with Gasteiger partial charge >= 0.3 is 6.03 Å². The molecule has 2 atom stereocenters. The molecule has 2 bridgehead atoms. The second-order valence-electron chi connectivity index (χ2n) is 6.20. The van der Waals surface area contributed by atoms with E-state index in [9.17, 15) is 4.79 Å². The SMILES string of the molecule is CSc1cccc(N2C(=O)NC3CC2(C)Oc2ccc(Cl)cc23)c1. The molecule has 1 fully saturated rings. The average Bonchev–Trinajstić information content (AvgIpc) is 2.55. The summed E-state index contributed by atoms with van der Waals surface area (Å²) >= 11 is 7.75. The van der Waals surface area contributed by atoms with E-state index in [0.717, 1.165) is 21.9 Å². The van der Waals surface area contributed by atoms with Gasteiger partial charge in [0.2, 0.25) is 0 Å². The molecule has 124 valence electrons. The summed E-state index contributed by atoms with van der Waals surface area (Å²) < 4.78 is 6.26. The number of nitrogens with zero attached hydrogens (tertiary/aromatic N) is 1. The van der Waals surface area contributed by atoms with Gasteiger partial charge in [0.25, 0.3) is 0 Å². The highest BCUT2D eigenvalue weighted by Crippen LogP contribution is 2.46. The van der Waals surface area contributed by atoms with Gasteiger partial charge < -0.3 is 10.1 Å². The van der Waals surface area contributed by atoms with E-state index >= 15 is 0 Å². The smallest absolute Gasteiger partial charge is 0.325 e. The van der Waals surface area contributed by atoms with Crippen molar-refractivity contribution >= 4 is 35.1 Å². The van der Waals surface area contributed by atoms with Crippen molar-refractivity contribution in [2.75, 3.05) is 11.2 Å². The number of rotatable bonds is 2. The maximum Gasteiger partial charge on any atom is 0.325 e. The van der Waals surface area contributed by atoms with Crippen molar-refractivity contribution in [3.63, 3.8) is 0 Å². The molecule has 2 heterocycles. The lowest BCUT2D eigenvalue weighted by Crippen LogP contribution is -2.65. The van der Waals surface area contributed by atoms with Gasteiger partial charge in [0.05, 0.1) is 11.7 Å². The first-order valence-electron chi connectivity index (χ1n) is 7.73. The van der Waals surface area contributed by atoms with Crippen LogP contribution in [0.1, 0.15) is 24.9 Å². The second-order valence-corrected chi connectivity index (χ2v) is 7.52. The Balaban J connectivity index is 1.79. The number of nitrogens with one attached hydrogen (secondary N) is 1. The highest BCUT2D eigenvalue weighted by molar-refractivity contribution is 7.98. The van der Waals surface area contributed by atoms with Crippen molar-refractivity contribution < 1.29 is 9.53 Å². The van der Waals surface area contributed by atoms with Crippen molar-refractivity contribution in [2.24, 2.45) is 0 Å². The third-order valence-corrected chi connectivity index (χ3v) is 5.51. The number of fused-ring (bicyclic) bond motifs is 4. The number of ether oxygens (including phenoxy) is 1. The number of thioether (sulfide) groups is 1. The number of benzene rings is 2. The van der Waals surface area contributed by atoms with Crippen molar-refractivity contribution in [1.82, 2.24) is 5.32 Å². The van der Waals surface area contributed by atoms with Crippen LogP contribution in [0.3, 0.4) is 0 Å². The van der Waals surface area contributed by atoms with Crippen LogP contribution < -0.4 is 15.0 Å². The van der Waals surface area contributed by atoms with Gasteiger partial charge in [0, 0.05) is 21.9 Å². The summed E-state index contributed by atoms with van der Waals surface area (Å²) in [5.74, 6) is 0.768. The van der Waals surface area contributed by atoms with Gasteiger partial charge in [-0.25, -0.2) is 4.79 Å². The quantitative estimate of drug-likeness (QED) is 0.780. The molecule has 24 heavy (non-hydrogen) atoms. The third-order valence-electron chi connectivity index (χ3n) is 4.55. The van der Waals surface area contributed by atoms with E-state index < -0.39 is 5.72 Å². The molecule has 6 heteroatoms. The number of urea groups is 1. The van der Waals surface area contributed by atoms with Gasteiger partial charge in [-0.3, -0.25) is 4.90 Å². The maximum absolute atomic E-state index is 12.8. The Kier molecular flexibility index (Phi) is 3.66. The summed E-state index contributed by atoms with van der Waals surface area (Å²) in [4.78, 5) is 15.6. The Morgan fingerprint density at radius 1 is 1.33 bits per heavy atom. The van der Waals surface area contributed by atoms with Crippen molar-refractivity contribution in [3.05, 3.63) is 53.1 Å². The van der Waals surface area contributed by atoms with Gasteiger partial charge in [0.1, 0.15) is 5.75 Å². The van der Waals surface area contributed by atoms with E-state index in [-0.39, 0.29) is 12.1 Å². The number of anilines is 1. The first-order valence-corrected chi connectivity index (χ1v) is 9.34. The summed E-state index contributed by atoms with van der Waals surface area (Å²) in [6.45, 7) is 1.96. The lowest BCUT2D eigenvalue weighted by atomic mass is 9.90. The summed E-state index contributed by atoms with van der Waals surface area (Å²) in [6, 6.07) is 13.2. The number of halogens is 1. The molecule has 1 N–H and O–H groups in total. The molecule has 2 aromatic carbocycles. The molecule has 0 saturated carbocycles. The largest absolute Gasteiger partial charge is 0.467 e. The average molecular weight is 361 g/mol. The third kappa shape index (κ3) is 2.43. The van der Waals surface area contributed by atoms with Crippen molar-refractivity contribution in [3.8, 4) is 5.75 Å². The fourth-order valence-corrected chi connectivity index (χ4v) is 4.12. The summed E-state index contributed by atoms with van der Waals surface area (Å²) in [7, 11) is 0. The van der Waals surface area contributed by atoms with E-state index in [2.05, 4.69) is 5.32 Å². The summed E-state index contributed by atoms with van der Waals surface area (Å²) in [6.07, 6.45) is 2.68. The predicted octanol–water partition coefficient (Wildman–Crippen LogP) is 4.83. The minimum absolute atomic E-state index is 0.0927. The van der Waals surface area contributed by atoms with Crippen LogP contribution in [-0.4, -0.2) is 18.0 Å². The lowest BCUT2D eigenvalue weighted by Gasteiger charge is -2.50. The standard InChI is InChI=1S/C18H17ClN2O2S/c1-18-10-15(14-8-11(19)6-7-16(14)23-18)20-17(22)21(18)12-4-3-5-13(9-12)24-2/h3-9,15H,10H2,1-2H3,(H,20,22). The molecule has 4 rings (SSSR count). The van der Waals surface area contributed by atoms with Gasteiger partial charge in [-0.1, -0.05) is 17.7 Å². The molecule has 0 aromatic heterocycles. The van der Waals surface area contributed by atoms with Crippen LogP contribution in [0.4, 0.5) is 10.5 Å². The predicted molar refractivity (Wildman–Crippen MR) is 97.1 cm³/mol. The molecule has 0 aliphatic carbocycles. The fraction of sp³-hybridized carbons (Fsp3) is 0.278. The highest BCUT2D eigenvalue weighted by Gasteiger charge is 2.49. The maximum atomic E-state index is 12.8. The van der Waals surface area contributed by atoms with E-state index in [1.807, 2.05) is 55.6 Å². The Morgan fingerprint density at radius 2 is 2.17 bits per heavy atom. The Morgan fingerprint density at radius 3 is 2.96 bits per heavy atom. The van der Waals surface area contributed by atoms with Gasteiger partial charge in [0.15, 0.2) is 5.72 Å². The van der Waals surface area contributed by atoms with Crippen molar-refractivity contribution in [1.29, 1.82) is 0 Å². The van der Waals surface area contributed by atoms with Crippen LogP contribution in [0.25, 0.3) is 0 Å². The second kappa shape index (κ2) is 5.60. The molecule has 2 aliphatic heterocycles. The molecular formula is C18H17ClN2O2S. The zero-order valence-corrected chi connectivity index (χ0v) is 14.9. The summed E-state index contributed by atoms with van der Waals surface area (Å²) in [5.41, 5.74) is 1.04. The van der Waals surface area contributed by atoms with Crippen LogP contribution in [0.15, 0.2) is 47.4 Å². The monoisotopic (exact) mass is 360 g/mol. The topological polar surface area (TPSA) is 41.6 Å². The summed E-state index contributed by atoms with van der Waals surface area (Å²) in [5, 5.41) is 3.73. The molecule has 2 aromatic rings. The Bertz CT molecular complexity index is 828. The molecule has 1 saturated heterocycles. The van der Waals surface area contributed by atoms with Crippen LogP contribution >= 0.6 is 23.4 Å². The van der Waals surface area contributed by atoms with Crippen LogP contribution in [0.2, 0.25) is 5.02 Å². The molecule has 2 amide bonds. The zero-order chi connectivity index (χ0) is 16.9. The molecule has 2 aliphatic rings. The molecule has 0 radical (unpaired) electrons. The molecule has 2 unspecified atom stereocenters. The molecule has 4 nitrogen and oxygen atoms in total. The molecule has 0 spiro atoms. The van der Waals surface area contributed by atoms with Crippen LogP contribution in [0.5, 0.6) is 5.75 Å². The van der Waals surface area contributed by atoms with Crippen molar-refractivity contribution in [2.45, 2.75) is 30.0 Å². The number of hydrogen-bond acceptors (Lipinski definition) is 3. The number of amides is 2. The highest BCUT2D eigenvalue weighted by atomic mass is 35.5.